The fourth-order valence-electron chi connectivity index (χ4n) is 2.11. The Morgan fingerprint density at radius 1 is 1.20 bits per heavy atom. The fourth-order valence-corrected chi connectivity index (χ4v) is 2.11. The fraction of sp³-hybridized carbons (Fsp3) is 0.188. The summed E-state index contributed by atoms with van der Waals surface area (Å²) in [6.07, 6.45) is 1.62. The third-order valence-electron chi connectivity index (χ3n) is 3.23. The van der Waals surface area contributed by atoms with Gasteiger partial charge in [-0.25, -0.2) is 0 Å². The van der Waals surface area contributed by atoms with Crippen LogP contribution in [0, 0.1) is 0 Å². The predicted octanol–water partition coefficient (Wildman–Crippen LogP) is 2.44. The molecule has 1 N–H and O–H groups in total. The Morgan fingerprint density at radius 3 is 2.75 bits per heavy atom. The first-order valence-electron chi connectivity index (χ1n) is 6.60. The van der Waals surface area contributed by atoms with E-state index in [4.69, 9.17) is 0 Å². The van der Waals surface area contributed by atoms with Crippen LogP contribution >= 0.6 is 0 Å². The summed E-state index contributed by atoms with van der Waals surface area (Å²) in [6.45, 7) is 2.60. The number of carbonyl (C=O) groups is 1. The number of rotatable bonds is 1. The van der Waals surface area contributed by atoms with Gasteiger partial charge in [0.05, 0.1) is 18.8 Å². The van der Waals surface area contributed by atoms with Crippen molar-refractivity contribution in [1.82, 2.24) is 5.32 Å². The minimum atomic E-state index is -0.157. The van der Waals surface area contributed by atoms with E-state index in [-0.39, 0.29) is 11.9 Å². The molecular formula is C16H15N3O. The largest absolute Gasteiger partial charge is 0.306 e. The molecule has 1 amide bonds. The number of nitrogens with zero attached hydrogens (tertiary/aromatic N) is 2. The quantitative estimate of drug-likeness (QED) is 0.846. The molecule has 0 bridgehead atoms. The Labute approximate surface area is 117 Å². The number of benzene rings is 2. The van der Waals surface area contributed by atoms with Gasteiger partial charge in [0, 0.05) is 5.56 Å². The molecule has 4 heteroatoms. The van der Waals surface area contributed by atoms with Crippen LogP contribution in [0.25, 0.3) is 10.8 Å². The minimum Gasteiger partial charge on any atom is -0.306 e. The number of hydrogen-bond donors (Lipinski definition) is 1. The van der Waals surface area contributed by atoms with Gasteiger partial charge in [0.1, 0.15) is 5.84 Å². The Hall–Kier alpha value is -2.49. The average Bonchev–Trinajstić information content (AvgIpc) is 2.49. The summed E-state index contributed by atoms with van der Waals surface area (Å²) in [5.74, 6) is 0.372. The second-order valence-corrected chi connectivity index (χ2v) is 4.87. The maximum atomic E-state index is 12.2. The highest BCUT2D eigenvalue weighted by atomic mass is 16.1. The Balaban J connectivity index is 1.80. The molecule has 1 unspecified atom stereocenters. The van der Waals surface area contributed by atoms with E-state index in [1.54, 1.807) is 6.21 Å². The van der Waals surface area contributed by atoms with E-state index in [0.717, 1.165) is 10.8 Å². The predicted molar refractivity (Wildman–Crippen MR) is 81.7 cm³/mol. The molecule has 0 radical (unpaired) electrons. The van der Waals surface area contributed by atoms with Crippen molar-refractivity contribution in [2.24, 2.45) is 9.98 Å². The van der Waals surface area contributed by atoms with Crippen molar-refractivity contribution in [3.05, 3.63) is 48.0 Å². The SMILES string of the molecule is CC1CN=C(NC(=O)c2ccc3ccccc3c2)C=N1. The molecule has 0 saturated carbocycles. The molecule has 0 saturated heterocycles. The average molecular weight is 265 g/mol. The first-order chi connectivity index (χ1) is 9.72. The molecule has 20 heavy (non-hydrogen) atoms. The maximum Gasteiger partial charge on any atom is 0.256 e. The van der Waals surface area contributed by atoms with Gasteiger partial charge in [-0.2, -0.15) is 0 Å². The van der Waals surface area contributed by atoms with E-state index in [1.807, 2.05) is 49.4 Å². The number of fused-ring (bicyclic) bond motifs is 1. The molecule has 1 aliphatic rings. The Bertz CT molecular complexity index is 718. The van der Waals surface area contributed by atoms with Gasteiger partial charge in [0.25, 0.3) is 5.91 Å². The zero-order chi connectivity index (χ0) is 13.9. The molecule has 0 spiro atoms. The van der Waals surface area contributed by atoms with E-state index >= 15 is 0 Å². The third-order valence-corrected chi connectivity index (χ3v) is 3.23. The first-order valence-corrected chi connectivity index (χ1v) is 6.60. The molecule has 100 valence electrons. The van der Waals surface area contributed by atoms with Crippen molar-refractivity contribution >= 4 is 28.7 Å². The summed E-state index contributed by atoms with van der Waals surface area (Å²) in [4.78, 5) is 20.7. The molecule has 0 fully saturated rings. The van der Waals surface area contributed by atoms with Crippen molar-refractivity contribution < 1.29 is 4.79 Å². The standard InChI is InChI=1S/C16H15N3O/c1-11-9-18-15(10-17-11)19-16(20)14-7-6-12-4-2-3-5-13(12)8-14/h2-8,10-11H,9H2,1H3,(H,18,19,20). The van der Waals surface area contributed by atoms with Crippen LogP contribution in [0.3, 0.4) is 0 Å². The smallest absolute Gasteiger partial charge is 0.256 e. The van der Waals surface area contributed by atoms with Crippen molar-refractivity contribution in [2.75, 3.05) is 6.54 Å². The molecule has 1 aliphatic heterocycles. The van der Waals surface area contributed by atoms with Gasteiger partial charge in [-0.3, -0.25) is 14.8 Å². The zero-order valence-corrected chi connectivity index (χ0v) is 11.2. The summed E-state index contributed by atoms with van der Waals surface area (Å²) in [5, 5.41) is 4.95. The first kappa shape index (κ1) is 12.5. The highest BCUT2D eigenvalue weighted by molar-refractivity contribution is 6.34. The van der Waals surface area contributed by atoms with Gasteiger partial charge in [0.2, 0.25) is 0 Å². The summed E-state index contributed by atoms with van der Waals surface area (Å²) in [7, 11) is 0. The lowest BCUT2D eigenvalue weighted by atomic mass is 10.1. The number of carbonyl (C=O) groups excluding carboxylic acids is 1. The molecule has 0 aromatic heterocycles. The summed E-state index contributed by atoms with van der Waals surface area (Å²) < 4.78 is 0. The summed E-state index contributed by atoms with van der Waals surface area (Å²) in [5.41, 5.74) is 0.624. The van der Waals surface area contributed by atoms with Crippen LogP contribution in [-0.2, 0) is 0 Å². The summed E-state index contributed by atoms with van der Waals surface area (Å²) >= 11 is 0. The number of aliphatic imine (C=N–C) groups is 2. The zero-order valence-electron chi connectivity index (χ0n) is 11.2. The van der Waals surface area contributed by atoms with Gasteiger partial charge < -0.3 is 5.32 Å². The number of nitrogens with one attached hydrogen (secondary N) is 1. The van der Waals surface area contributed by atoms with Crippen LogP contribution in [0.15, 0.2) is 52.4 Å². The molecule has 0 aliphatic carbocycles. The molecule has 2 aromatic rings. The van der Waals surface area contributed by atoms with Gasteiger partial charge >= 0.3 is 0 Å². The second kappa shape index (κ2) is 5.25. The van der Waals surface area contributed by atoms with Crippen molar-refractivity contribution in [3.8, 4) is 0 Å². The summed E-state index contributed by atoms with van der Waals surface area (Å²) in [6, 6.07) is 13.8. The number of amidine groups is 1. The second-order valence-electron chi connectivity index (χ2n) is 4.87. The van der Waals surface area contributed by atoms with Crippen molar-refractivity contribution in [2.45, 2.75) is 13.0 Å². The monoisotopic (exact) mass is 265 g/mol. The molecular weight excluding hydrogens is 250 g/mol. The van der Waals surface area contributed by atoms with Crippen molar-refractivity contribution in [3.63, 3.8) is 0 Å². The van der Waals surface area contributed by atoms with Gasteiger partial charge in [-0.05, 0) is 29.8 Å². The minimum absolute atomic E-state index is 0.157. The van der Waals surface area contributed by atoms with E-state index in [2.05, 4.69) is 15.3 Å². The van der Waals surface area contributed by atoms with Crippen molar-refractivity contribution in [1.29, 1.82) is 0 Å². The highest BCUT2D eigenvalue weighted by Gasteiger charge is 2.11. The van der Waals surface area contributed by atoms with Crippen LogP contribution in [0.1, 0.15) is 17.3 Å². The normalized spacial score (nSPS) is 17.9. The van der Waals surface area contributed by atoms with Crippen LogP contribution in [0.4, 0.5) is 0 Å². The van der Waals surface area contributed by atoms with E-state index < -0.39 is 0 Å². The lowest BCUT2D eigenvalue weighted by Gasteiger charge is -2.11. The molecule has 1 heterocycles. The third kappa shape index (κ3) is 2.59. The Morgan fingerprint density at radius 2 is 2.00 bits per heavy atom. The molecule has 3 rings (SSSR count). The van der Waals surface area contributed by atoms with E-state index in [1.165, 1.54) is 0 Å². The molecule has 4 nitrogen and oxygen atoms in total. The number of amides is 1. The van der Waals surface area contributed by atoms with Crippen LogP contribution in [-0.4, -0.2) is 30.5 Å². The molecule has 1 atom stereocenters. The van der Waals surface area contributed by atoms with Crippen LogP contribution in [0.2, 0.25) is 0 Å². The lowest BCUT2D eigenvalue weighted by molar-refractivity contribution is 0.0977. The Kier molecular flexibility index (Phi) is 3.29. The molecule has 2 aromatic carbocycles. The van der Waals surface area contributed by atoms with E-state index in [9.17, 15) is 4.79 Å². The lowest BCUT2D eigenvalue weighted by Crippen LogP contribution is -2.34. The topological polar surface area (TPSA) is 53.8 Å². The highest BCUT2D eigenvalue weighted by Crippen LogP contribution is 2.15. The van der Waals surface area contributed by atoms with Gasteiger partial charge in [0.15, 0.2) is 0 Å². The maximum absolute atomic E-state index is 12.2. The van der Waals surface area contributed by atoms with Crippen LogP contribution in [0.5, 0.6) is 0 Å². The van der Waals surface area contributed by atoms with Gasteiger partial charge in [-0.15, -0.1) is 0 Å². The van der Waals surface area contributed by atoms with Crippen LogP contribution < -0.4 is 5.32 Å². The number of hydrogen-bond acceptors (Lipinski definition) is 3. The van der Waals surface area contributed by atoms with Gasteiger partial charge in [-0.1, -0.05) is 30.3 Å². The van der Waals surface area contributed by atoms with E-state index in [0.29, 0.717) is 17.9 Å².